The minimum absolute atomic E-state index is 0.502. The van der Waals surface area contributed by atoms with Crippen LogP contribution in [-0.2, 0) is 4.74 Å². The number of rotatable bonds is 7. The maximum absolute atomic E-state index is 5.01. The van der Waals surface area contributed by atoms with Crippen LogP contribution >= 0.6 is 0 Å². The molecular weight excluding hydrogens is 238 g/mol. The van der Waals surface area contributed by atoms with Gasteiger partial charge < -0.3 is 15.4 Å². The Kier molecular flexibility index (Phi) is 7.66. The zero-order valence-corrected chi connectivity index (χ0v) is 12.1. The lowest BCUT2D eigenvalue weighted by atomic mass is 9.97. The highest BCUT2D eigenvalue weighted by molar-refractivity contribution is 5.79. The average molecular weight is 263 g/mol. The number of hydrogen-bond donors (Lipinski definition) is 2. The molecule has 1 rings (SSSR count). The van der Waals surface area contributed by atoms with Crippen LogP contribution in [0.1, 0.15) is 24.8 Å². The first kappa shape index (κ1) is 15.5. The summed E-state index contributed by atoms with van der Waals surface area (Å²) in [5, 5.41) is 6.58. The normalized spacial score (nSPS) is 13.1. The lowest BCUT2D eigenvalue weighted by Crippen LogP contribution is -2.40. The molecule has 0 saturated heterocycles. The van der Waals surface area contributed by atoms with Crippen molar-refractivity contribution in [1.29, 1.82) is 0 Å². The molecule has 4 nitrogen and oxygen atoms in total. The lowest BCUT2D eigenvalue weighted by molar-refractivity contribution is 0.203. The largest absolute Gasteiger partial charge is 0.383 e. The zero-order valence-electron chi connectivity index (χ0n) is 12.1. The summed E-state index contributed by atoms with van der Waals surface area (Å²) < 4.78 is 5.01. The molecule has 0 radical (unpaired) electrons. The number of nitrogens with zero attached hydrogens (tertiary/aromatic N) is 1. The van der Waals surface area contributed by atoms with Crippen LogP contribution in [0, 0.1) is 0 Å². The minimum atomic E-state index is 0.502. The standard InChI is InChI=1S/C15H25N3O/c1-4-13(14-8-6-5-7-9-14)12-18-15(16-2)17-10-11-19-3/h5-9,13H,4,10-12H2,1-3H3,(H2,16,17,18). The Morgan fingerprint density at radius 3 is 2.58 bits per heavy atom. The van der Waals surface area contributed by atoms with Crippen LogP contribution < -0.4 is 10.6 Å². The van der Waals surface area contributed by atoms with Gasteiger partial charge in [0.25, 0.3) is 0 Å². The molecule has 0 amide bonds. The summed E-state index contributed by atoms with van der Waals surface area (Å²) in [5.41, 5.74) is 1.37. The molecule has 0 aliphatic heterocycles. The smallest absolute Gasteiger partial charge is 0.191 e. The molecule has 0 aliphatic rings. The van der Waals surface area contributed by atoms with Gasteiger partial charge in [-0.25, -0.2) is 0 Å². The highest BCUT2D eigenvalue weighted by atomic mass is 16.5. The molecule has 106 valence electrons. The van der Waals surface area contributed by atoms with Crippen LogP contribution in [0.25, 0.3) is 0 Å². The van der Waals surface area contributed by atoms with E-state index in [0.29, 0.717) is 12.5 Å². The summed E-state index contributed by atoms with van der Waals surface area (Å²) in [7, 11) is 3.48. The molecule has 1 aromatic rings. The highest BCUT2D eigenvalue weighted by Gasteiger charge is 2.09. The van der Waals surface area contributed by atoms with Crippen LogP contribution in [0.4, 0.5) is 0 Å². The first-order chi connectivity index (χ1) is 9.31. The second-order valence-corrected chi connectivity index (χ2v) is 4.39. The third kappa shape index (κ3) is 5.75. The number of methoxy groups -OCH3 is 1. The van der Waals surface area contributed by atoms with Crippen LogP contribution in [0.15, 0.2) is 35.3 Å². The third-order valence-corrected chi connectivity index (χ3v) is 3.10. The van der Waals surface area contributed by atoms with Gasteiger partial charge in [-0.1, -0.05) is 37.3 Å². The van der Waals surface area contributed by atoms with Gasteiger partial charge in [0.1, 0.15) is 0 Å². The first-order valence-electron chi connectivity index (χ1n) is 6.80. The van der Waals surface area contributed by atoms with E-state index in [2.05, 4.69) is 52.9 Å². The Hall–Kier alpha value is -1.55. The molecule has 0 saturated carbocycles. The molecule has 0 aromatic heterocycles. The number of nitrogens with one attached hydrogen (secondary N) is 2. The van der Waals surface area contributed by atoms with E-state index in [1.807, 2.05) is 0 Å². The van der Waals surface area contributed by atoms with Gasteiger partial charge in [0, 0.05) is 33.2 Å². The van der Waals surface area contributed by atoms with E-state index in [4.69, 9.17) is 4.74 Å². The van der Waals surface area contributed by atoms with Crippen LogP contribution in [-0.4, -0.2) is 39.8 Å². The van der Waals surface area contributed by atoms with E-state index < -0.39 is 0 Å². The molecule has 19 heavy (non-hydrogen) atoms. The zero-order chi connectivity index (χ0) is 13.9. The fraction of sp³-hybridized carbons (Fsp3) is 0.533. The maximum Gasteiger partial charge on any atom is 0.191 e. The van der Waals surface area contributed by atoms with Crippen molar-refractivity contribution in [2.75, 3.05) is 33.9 Å². The predicted molar refractivity (Wildman–Crippen MR) is 80.7 cm³/mol. The van der Waals surface area contributed by atoms with E-state index in [9.17, 15) is 0 Å². The Morgan fingerprint density at radius 2 is 2.00 bits per heavy atom. The Morgan fingerprint density at radius 1 is 1.26 bits per heavy atom. The van der Waals surface area contributed by atoms with Crippen molar-refractivity contribution < 1.29 is 4.74 Å². The monoisotopic (exact) mass is 263 g/mol. The molecule has 0 bridgehead atoms. The average Bonchev–Trinajstić information content (AvgIpc) is 2.47. The molecule has 2 N–H and O–H groups in total. The molecule has 0 heterocycles. The van der Waals surface area contributed by atoms with Gasteiger partial charge in [-0.15, -0.1) is 0 Å². The van der Waals surface area contributed by atoms with Crippen molar-refractivity contribution in [3.63, 3.8) is 0 Å². The number of benzene rings is 1. The summed E-state index contributed by atoms with van der Waals surface area (Å²) in [6.45, 7) is 4.53. The topological polar surface area (TPSA) is 45.7 Å². The van der Waals surface area contributed by atoms with Crippen molar-refractivity contribution >= 4 is 5.96 Å². The molecule has 0 fully saturated rings. The van der Waals surface area contributed by atoms with Gasteiger partial charge >= 0.3 is 0 Å². The van der Waals surface area contributed by atoms with Gasteiger partial charge in [0.15, 0.2) is 5.96 Å². The Labute approximate surface area is 116 Å². The minimum Gasteiger partial charge on any atom is -0.383 e. The second-order valence-electron chi connectivity index (χ2n) is 4.39. The molecule has 1 atom stereocenters. The predicted octanol–water partition coefficient (Wildman–Crippen LogP) is 1.99. The van der Waals surface area contributed by atoms with Crippen molar-refractivity contribution in [3.05, 3.63) is 35.9 Å². The van der Waals surface area contributed by atoms with Crippen LogP contribution in [0.2, 0.25) is 0 Å². The van der Waals surface area contributed by atoms with Gasteiger partial charge in [-0.2, -0.15) is 0 Å². The molecule has 1 aromatic carbocycles. The van der Waals surface area contributed by atoms with E-state index in [1.54, 1.807) is 14.2 Å². The second kappa shape index (κ2) is 9.39. The van der Waals surface area contributed by atoms with Crippen LogP contribution in [0.3, 0.4) is 0 Å². The number of hydrogen-bond acceptors (Lipinski definition) is 2. The lowest BCUT2D eigenvalue weighted by Gasteiger charge is -2.18. The van der Waals surface area contributed by atoms with Gasteiger partial charge in [0.2, 0.25) is 0 Å². The van der Waals surface area contributed by atoms with Crippen molar-refractivity contribution in [2.24, 2.45) is 4.99 Å². The third-order valence-electron chi connectivity index (χ3n) is 3.10. The van der Waals surface area contributed by atoms with Gasteiger partial charge in [0.05, 0.1) is 6.61 Å². The van der Waals surface area contributed by atoms with Crippen molar-refractivity contribution in [3.8, 4) is 0 Å². The quantitative estimate of drug-likeness (QED) is 0.449. The van der Waals surface area contributed by atoms with E-state index in [1.165, 1.54) is 5.56 Å². The summed E-state index contributed by atoms with van der Waals surface area (Å²) >= 11 is 0. The molecular formula is C15H25N3O. The molecule has 0 aliphatic carbocycles. The number of guanidine groups is 1. The van der Waals surface area contributed by atoms with Crippen LogP contribution in [0.5, 0.6) is 0 Å². The van der Waals surface area contributed by atoms with E-state index >= 15 is 0 Å². The summed E-state index contributed by atoms with van der Waals surface area (Å²) in [6.07, 6.45) is 1.10. The SMILES string of the molecule is CCC(CNC(=NC)NCCOC)c1ccccc1. The van der Waals surface area contributed by atoms with E-state index in [0.717, 1.165) is 25.5 Å². The highest BCUT2D eigenvalue weighted by Crippen LogP contribution is 2.17. The first-order valence-corrected chi connectivity index (χ1v) is 6.80. The molecule has 4 heteroatoms. The van der Waals surface area contributed by atoms with Crippen molar-refractivity contribution in [1.82, 2.24) is 10.6 Å². The summed E-state index contributed by atoms with van der Waals surface area (Å²) in [4.78, 5) is 4.20. The Balaban J connectivity index is 2.44. The molecule has 1 unspecified atom stereocenters. The summed E-state index contributed by atoms with van der Waals surface area (Å²) in [5.74, 6) is 1.33. The number of aliphatic imine (C=N–C) groups is 1. The summed E-state index contributed by atoms with van der Waals surface area (Å²) in [6, 6.07) is 10.6. The molecule has 0 spiro atoms. The maximum atomic E-state index is 5.01. The fourth-order valence-electron chi connectivity index (χ4n) is 1.94. The fourth-order valence-corrected chi connectivity index (χ4v) is 1.94. The van der Waals surface area contributed by atoms with Gasteiger partial charge in [-0.3, -0.25) is 4.99 Å². The number of ether oxygens (including phenoxy) is 1. The van der Waals surface area contributed by atoms with Crippen molar-refractivity contribution in [2.45, 2.75) is 19.3 Å². The Bertz CT molecular complexity index is 365. The van der Waals surface area contributed by atoms with Gasteiger partial charge in [-0.05, 0) is 12.0 Å². The van der Waals surface area contributed by atoms with E-state index in [-0.39, 0.29) is 0 Å².